The fourth-order valence-corrected chi connectivity index (χ4v) is 3.91. The van der Waals surface area contributed by atoms with Crippen molar-refractivity contribution in [2.75, 3.05) is 0 Å². The maximum absolute atomic E-state index is 11.2. The molecular weight excluding hydrogens is 252 g/mol. The summed E-state index contributed by atoms with van der Waals surface area (Å²) in [6.45, 7) is 0. The molecule has 0 radical (unpaired) electrons. The van der Waals surface area contributed by atoms with Crippen LogP contribution in [0.2, 0.25) is 0 Å². The van der Waals surface area contributed by atoms with Crippen LogP contribution in [0.15, 0.2) is 12.3 Å². The molecule has 2 atom stereocenters. The number of carbonyl (C=O) groups is 1. The summed E-state index contributed by atoms with van der Waals surface area (Å²) in [6.07, 6.45) is 12.3. The van der Waals surface area contributed by atoms with E-state index in [1.165, 1.54) is 32.1 Å². The van der Waals surface area contributed by atoms with Gasteiger partial charge in [0, 0.05) is 6.20 Å². The van der Waals surface area contributed by atoms with Crippen molar-refractivity contribution in [2.45, 2.75) is 63.8 Å². The van der Waals surface area contributed by atoms with Crippen LogP contribution in [-0.2, 0) is 11.2 Å². The predicted octanol–water partition coefficient (Wildman–Crippen LogP) is 3.43. The Balaban J connectivity index is 1.63. The quantitative estimate of drug-likeness (QED) is 0.916. The molecule has 0 spiro atoms. The molecule has 3 rings (SSSR count). The van der Waals surface area contributed by atoms with Crippen LogP contribution in [0.1, 0.15) is 63.1 Å². The standard InChI is InChI=1S/C16H24N2O2/c19-16(20)15-8-4-5-12(15)11-13-9-10-18(17-13)14-6-2-1-3-7-14/h9-10,12,14-15H,1-8,11H2,(H,19,20). The second kappa shape index (κ2) is 5.98. The molecule has 1 heterocycles. The van der Waals surface area contributed by atoms with Crippen LogP contribution in [0.3, 0.4) is 0 Å². The van der Waals surface area contributed by atoms with Crippen molar-refractivity contribution in [3.05, 3.63) is 18.0 Å². The topological polar surface area (TPSA) is 55.1 Å². The van der Waals surface area contributed by atoms with Crippen molar-refractivity contribution in [2.24, 2.45) is 11.8 Å². The van der Waals surface area contributed by atoms with Gasteiger partial charge in [0.15, 0.2) is 0 Å². The molecule has 2 fully saturated rings. The van der Waals surface area contributed by atoms with E-state index >= 15 is 0 Å². The van der Waals surface area contributed by atoms with Gasteiger partial charge >= 0.3 is 5.97 Å². The third-order valence-electron chi connectivity index (χ3n) is 5.06. The Labute approximate surface area is 120 Å². The monoisotopic (exact) mass is 276 g/mol. The van der Waals surface area contributed by atoms with Crippen molar-refractivity contribution in [1.29, 1.82) is 0 Å². The number of rotatable bonds is 4. The minimum atomic E-state index is -0.626. The van der Waals surface area contributed by atoms with Gasteiger partial charge in [-0.2, -0.15) is 5.10 Å². The average molecular weight is 276 g/mol. The third kappa shape index (κ3) is 2.89. The lowest BCUT2D eigenvalue weighted by atomic mass is 9.92. The van der Waals surface area contributed by atoms with E-state index in [0.717, 1.165) is 31.4 Å². The highest BCUT2D eigenvalue weighted by molar-refractivity contribution is 5.70. The van der Waals surface area contributed by atoms with Gasteiger partial charge < -0.3 is 5.11 Å². The van der Waals surface area contributed by atoms with Crippen molar-refractivity contribution in [1.82, 2.24) is 9.78 Å². The summed E-state index contributed by atoms with van der Waals surface area (Å²) < 4.78 is 2.12. The van der Waals surface area contributed by atoms with E-state index < -0.39 is 5.97 Å². The molecule has 0 amide bonds. The molecule has 0 aromatic carbocycles. The Morgan fingerprint density at radius 3 is 2.75 bits per heavy atom. The summed E-state index contributed by atoms with van der Waals surface area (Å²) in [5.41, 5.74) is 1.08. The Kier molecular flexibility index (Phi) is 4.08. The second-order valence-corrected chi connectivity index (χ2v) is 6.42. The van der Waals surface area contributed by atoms with E-state index in [1.54, 1.807) is 0 Å². The molecule has 2 aliphatic carbocycles. The lowest BCUT2D eigenvalue weighted by molar-refractivity contribution is -0.142. The largest absolute Gasteiger partial charge is 0.481 e. The zero-order valence-corrected chi connectivity index (χ0v) is 12.0. The van der Waals surface area contributed by atoms with E-state index in [9.17, 15) is 9.90 Å². The molecule has 1 N–H and O–H groups in total. The summed E-state index contributed by atoms with van der Waals surface area (Å²) in [5, 5.41) is 14.0. The minimum absolute atomic E-state index is 0.158. The molecular formula is C16H24N2O2. The molecule has 4 heteroatoms. The van der Waals surface area contributed by atoms with E-state index in [-0.39, 0.29) is 11.8 Å². The number of nitrogens with zero attached hydrogens (tertiary/aromatic N) is 2. The maximum atomic E-state index is 11.2. The van der Waals surface area contributed by atoms with Crippen LogP contribution in [-0.4, -0.2) is 20.9 Å². The molecule has 0 saturated heterocycles. The van der Waals surface area contributed by atoms with Gasteiger partial charge in [-0.3, -0.25) is 9.48 Å². The SMILES string of the molecule is O=C(O)C1CCCC1Cc1ccn(C2CCCCC2)n1. The highest BCUT2D eigenvalue weighted by Gasteiger charge is 2.33. The fraction of sp³-hybridized carbons (Fsp3) is 0.750. The first-order valence-corrected chi connectivity index (χ1v) is 8.01. The number of hydrogen-bond donors (Lipinski definition) is 1. The maximum Gasteiger partial charge on any atom is 0.306 e. The van der Waals surface area contributed by atoms with Crippen LogP contribution in [0.25, 0.3) is 0 Å². The summed E-state index contributed by atoms with van der Waals surface area (Å²) >= 11 is 0. The molecule has 2 unspecified atom stereocenters. The molecule has 4 nitrogen and oxygen atoms in total. The van der Waals surface area contributed by atoms with E-state index in [2.05, 4.69) is 16.9 Å². The Morgan fingerprint density at radius 2 is 2.00 bits per heavy atom. The van der Waals surface area contributed by atoms with Gasteiger partial charge in [-0.1, -0.05) is 25.7 Å². The first-order chi connectivity index (χ1) is 9.74. The molecule has 0 bridgehead atoms. The highest BCUT2D eigenvalue weighted by Crippen LogP contribution is 2.34. The Bertz CT molecular complexity index is 463. The predicted molar refractivity (Wildman–Crippen MR) is 76.5 cm³/mol. The van der Waals surface area contributed by atoms with Crippen LogP contribution in [0.5, 0.6) is 0 Å². The highest BCUT2D eigenvalue weighted by atomic mass is 16.4. The van der Waals surface area contributed by atoms with Gasteiger partial charge in [0.2, 0.25) is 0 Å². The summed E-state index contributed by atoms with van der Waals surface area (Å²) in [7, 11) is 0. The number of carboxylic acid groups (broad SMARTS) is 1. The average Bonchev–Trinajstić information content (AvgIpc) is 3.09. The van der Waals surface area contributed by atoms with Gasteiger partial charge in [-0.15, -0.1) is 0 Å². The van der Waals surface area contributed by atoms with Gasteiger partial charge in [0.05, 0.1) is 17.7 Å². The number of aliphatic carboxylic acids is 1. The Morgan fingerprint density at radius 1 is 1.20 bits per heavy atom. The smallest absolute Gasteiger partial charge is 0.306 e. The normalized spacial score (nSPS) is 27.8. The van der Waals surface area contributed by atoms with Crippen molar-refractivity contribution < 1.29 is 9.90 Å². The molecule has 20 heavy (non-hydrogen) atoms. The lowest BCUT2D eigenvalue weighted by Crippen LogP contribution is -2.20. The second-order valence-electron chi connectivity index (χ2n) is 6.42. The van der Waals surface area contributed by atoms with Crippen LogP contribution in [0, 0.1) is 11.8 Å². The summed E-state index contributed by atoms with van der Waals surface area (Å²) in [5.74, 6) is -0.503. The lowest BCUT2D eigenvalue weighted by Gasteiger charge is -2.22. The van der Waals surface area contributed by atoms with Gasteiger partial charge in [-0.05, 0) is 44.1 Å². The van der Waals surface area contributed by atoms with E-state index in [0.29, 0.717) is 6.04 Å². The van der Waals surface area contributed by atoms with Gasteiger partial charge in [0.25, 0.3) is 0 Å². The van der Waals surface area contributed by atoms with Crippen LogP contribution in [0.4, 0.5) is 0 Å². The van der Waals surface area contributed by atoms with Gasteiger partial charge in [0.1, 0.15) is 0 Å². The van der Waals surface area contributed by atoms with Crippen molar-refractivity contribution in [3.63, 3.8) is 0 Å². The molecule has 1 aromatic rings. The minimum Gasteiger partial charge on any atom is -0.481 e. The number of aromatic nitrogens is 2. The van der Waals surface area contributed by atoms with Crippen LogP contribution >= 0.6 is 0 Å². The van der Waals surface area contributed by atoms with Crippen molar-refractivity contribution in [3.8, 4) is 0 Å². The molecule has 2 aliphatic rings. The molecule has 1 aromatic heterocycles. The summed E-state index contributed by atoms with van der Waals surface area (Å²) in [6, 6.07) is 2.66. The zero-order valence-electron chi connectivity index (χ0n) is 12.0. The first kappa shape index (κ1) is 13.7. The van der Waals surface area contributed by atoms with Crippen LogP contribution < -0.4 is 0 Å². The van der Waals surface area contributed by atoms with E-state index in [4.69, 9.17) is 5.10 Å². The molecule has 0 aliphatic heterocycles. The number of carboxylic acids is 1. The third-order valence-corrected chi connectivity index (χ3v) is 5.06. The first-order valence-electron chi connectivity index (χ1n) is 8.01. The summed E-state index contributed by atoms with van der Waals surface area (Å²) in [4.78, 5) is 11.2. The Hall–Kier alpha value is -1.32. The van der Waals surface area contributed by atoms with Gasteiger partial charge in [-0.25, -0.2) is 0 Å². The molecule has 110 valence electrons. The van der Waals surface area contributed by atoms with Crippen molar-refractivity contribution >= 4 is 5.97 Å². The fourth-order valence-electron chi connectivity index (χ4n) is 3.91. The zero-order chi connectivity index (χ0) is 13.9. The number of hydrogen-bond acceptors (Lipinski definition) is 2. The molecule has 2 saturated carbocycles. The van der Waals surface area contributed by atoms with E-state index in [1.807, 2.05) is 0 Å².